The molecular formula is C8H19NO2. The molecule has 0 unspecified atom stereocenters. The van der Waals surface area contributed by atoms with Gasteiger partial charge in [-0.15, -0.1) is 0 Å². The van der Waals surface area contributed by atoms with Crippen molar-refractivity contribution in [1.29, 1.82) is 0 Å². The lowest BCUT2D eigenvalue weighted by Gasteiger charge is -2.07. The summed E-state index contributed by atoms with van der Waals surface area (Å²) in [4.78, 5) is 20.4. The highest BCUT2D eigenvalue weighted by atomic mass is 16.1. The molecule has 1 amide bonds. The molecule has 0 spiro atoms. The van der Waals surface area contributed by atoms with Crippen molar-refractivity contribution in [2.75, 3.05) is 0 Å². The highest BCUT2D eigenvalue weighted by Gasteiger charge is 2.07. The van der Waals surface area contributed by atoms with Crippen molar-refractivity contribution in [3.63, 3.8) is 0 Å². The van der Waals surface area contributed by atoms with Crippen LogP contribution < -0.4 is 5.32 Å². The quantitative estimate of drug-likeness (QED) is 0.633. The van der Waals surface area contributed by atoms with Crippen LogP contribution in [0.5, 0.6) is 0 Å². The monoisotopic (exact) mass is 161 g/mol. The Kier molecular flexibility index (Phi) is 10.6. The summed E-state index contributed by atoms with van der Waals surface area (Å²) < 4.78 is 0. The van der Waals surface area contributed by atoms with Crippen LogP contribution in [0.4, 0.5) is 0 Å². The summed E-state index contributed by atoms with van der Waals surface area (Å²) in [6.07, 6.45) is 1.21. The largest absolute Gasteiger partial charge is 0.349 e. The number of ketones is 1. The molecule has 0 fully saturated rings. The zero-order valence-corrected chi connectivity index (χ0v) is 7.68. The minimum absolute atomic E-state index is 0. The van der Waals surface area contributed by atoms with Crippen molar-refractivity contribution >= 4 is 12.2 Å². The van der Waals surface area contributed by atoms with E-state index < -0.39 is 0 Å². The zero-order chi connectivity index (χ0) is 9.28. The minimum Gasteiger partial charge on any atom is -0.349 e. The SMILES string of the molecule is CC.CC[C@H](NC=O)C(C)=O.[HH]. The fourth-order valence-electron chi connectivity index (χ4n) is 0.605. The van der Waals surface area contributed by atoms with Crippen LogP contribution in [-0.2, 0) is 9.59 Å². The molecule has 3 nitrogen and oxygen atoms in total. The van der Waals surface area contributed by atoms with E-state index in [1.54, 1.807) is 0 Å². The van der Waals surface area contributed by atoms with Crippen molar-refractivity contribution in [3.8, 4) is 0 Å². The van der Waals surface area contributed by atoms with E-state index in [0.717, 1.165) is 0 Å². The molecule has 0 bridgehead atoms. The number of carbonyl (C=O) groups excluding carboxylic acids is 2. The number of hydrogen-bond acceptors (Lipinski definition) is 2. The van der Waals surface area contributed by atoms with Crippen molar-refractivity contribution in [2.24, 2.45) is 0 Å². The smallest absolute Gasteiger partial charge is 0.207 e. The molecule has 0 aliphatic carbocycles. The Morgan fingerprint density at radius 3 is 2.18 bits per heavy atom. The minimum atomic E-state index is -0.289. The van der Waals surface area contributed by atoms with Crippen molar-refractivity contribution in [3.05, 3.63) is 0 Å². The fraction of sp³-hybridized carbons (Fsp3) is 0.750. The van der Waals surface area contributed by atoms with Crippen LogP contribution in [0.2, 0.25) is 0 Å². The van der Waals surface area contributed by atoms with Crippen LogP contribution in [0.25, 0.3) is 0 Å². The fourth-order valence-corrected chi connectivity index (χ4v) is 0.605. The topological polar surface area (TPSA) is 46.2 Å². The third-order valence-electron chi connectivity index (χ3n) is 1.17. The van der Waals surface area contributed by atoms with Gasteiger partial charge < -0.3 is 5.32 Å². The Morgan fingerprint density at radius 1 is 1.64 bits per heavy atom. The zero-order valence-electron chi connectivity index (χ0n) is 7.68. The third-order valence-corrected chi connectivity index (χ3v) is 1.17. The molecule has 0 aliphatic heterocycles. The molecular weight excluding hydrogens is 142 g/mol. The maximum atomic E-state index is 10.5. The first-order valence-corrected chi connectivity index (χ1v) is 3.92. The molecule has 0 aromatic rings. The van der Waals surface area contributed by atoms with Crippen LogP contribution in [0, 0.1) is 0 Å². The molecule has 0 aromatic heterocycles. The maximum Gasteiger partial charge on any atom is 0.207 e. The van der Waals surface area contributed by atoms with Gasteiger partial charge in [0, 0.05) is 1.43 Å². The normalized spacial score (nSPS) is 10.5. The van der Waals surface area contributed by atoms with Gasteiger partial charge in [-0.25, -0.2) is 0 Å². The summed E-state index contributed by atoms with van der Waals surface area (Å²) in [6, 6.07) is -0.289. The number of Topliss-reactive ketones (excluding diaryl/α,β-unsaturated/α-hetero) is 1. The Morgan fingerprint density at radius 2 is 2.09 bits per heavy atom. The molecule has 1 N–H and O–H groups in total. The Hall–Kier alpha value is -0.860. The number of rotatable bonds is 4. The lowest BCUT2D eigenvalue weighted by Crippen LogP contribution is -2.33. The molecule has 0 heterocycles. The van der Waals surface area contributed by atoms with Crippen LogP contribution in [0.1, 0.15) is 35.5 Å². The lowest BCUT2D eigenvalue weighted by atomic mass is 10.1. The molecule has 0 saturated heterocycles. The lowest BCUT2D eigenvalue weighted by molar-refractivity contribution is -0.121. The van der Waals surface area contributed by atoms with Gasteiger partial charge in [0.25, 0.3) is 0 Å². The molecule has 0 aromatic carbocycles. The van der Waals surface area contributed by atoms with Gasteiger partial charge in [-0.3, -0.25) is 9.59 Å². The van der Waals surface area contributed by atoms with E-state index in [1.165, 1.54) is 6.92 Å². The number of nitrogens with one attached hydrogen (secondary N) is 1. The van der Waals surface area contributed by atoms with E-state index in [1.807, 2.05) is 20.8 Å². The predicted octanol–water partition coefficient (Wildman–Crippen LogP) is 1.37. The van der Waals surface area contributed by atoms with Crippen LogP contribution >= 0.6 is 0 Å². The highest BCUT2D eigenvalue weighted by molar-refractivity contribution is 5.83. The molecule has 11 heavy (non-hydrogen) atoms. The van der Waals surface area contributed by atoms with Crippen LogP contribution in [0.15, 0.2) is 0 Å². The summed E-state index contributed by atoms with van der Waals surface area (Å²) in [7, 11) is 0. The van der Waals surface area contributed by atoms with Crippen molar-refractivity contribution in [1.82, 2.24) is 5.32 Å². The van der Waals surface area contributed by atoms with Crippen LogP contribution in [-0.4, -0.2) is 18.2 Å². The van der Waals surface area contributed by atoms with Gasteiger partial charge in [0.05, 0.1) is 6.04 Å². The molecule has 1 atom stereocenters. The molecule has 0 radical (unpaired) electrons. The molecule has 3 heteroatoms. The third kappa shape index (κ3) is 7.03. The van der Waals surface area contributed by atoms with E-state index in [-0.39, 0.29) is 13.3 Å². The highest BCUT2D eigenvalue weighted by Crippen LogP contribution is 1.89. The Bertz CT molecular complexity index is 118. The summed E-state index contributed by atoms with van der Waals surface area (Å²) in [6.45, 7) is 7.31. The van der Waals surface area contributed by atoms with Gasteiger partial charge in [-0.05, 0) is 13.3 Å². The molecule has 0 saturated carbocycles. The molecule has 68 valence electrons. The Balaban J connectivity index is -0.000000249. The van der Waals surface area contributed by atoms with E-state index in [0.29, 0.717) is 12.8 Å². The number of hydrogen-bond donors (Lipinski definition) is 1. The van der Waals surface area contributed by atoms with Gasteiger partial charge in [0.1, 0.15) is 0 Å². The Labute approximate surface area is 69.7 Å². The molecule has 0 rings (SSSR count). The average Bonchev–Trinajstić information content (AvgIpc) is 2.03. The summed E-state index contributed by atoms with van der Waals surface area (Å²) >= 11 is 0. The summed E-state index contributed by atoms with van der Waals surface area (Å²) in [5.41, 5.74) is 0. The molecule has 0 aliphatic rings. The summed E-state index contributed by atoms with van der Waals surface area (Å²) in [5.74, 6) is 0.00426. The van der Waals surface area contributed by atoms with Crippen molar-refractivity contribution in [2.45, 2.75) is 40.2 Å². The number of carbonyl (C=O) groups is 2. The van der Waals surface area contributed by atoms with E-state index in [9.17, 15) is 9.59 Å². The predicted molar refractivity (Wildman–Crippen MR) is 47.4 cm³/mol. The second-order valence-electron chi connectivity index (χ2n) is 1.86. The maximum absolute atomic E-state index is 10.5. The standard InChI is InChI=1S/C6H11NO2.C2H6.H2/c1-3-6(5(2)9)7-4-8;1-2;/h4,6H,3H2,1-2H3,(H,7,8);1-2H3;1H/t6-;;/m0../s1. The van der Waals surface area contributed by atoms with E-state index >= 15 is 0 Å². The first kappa shape index (κ1) is 12.8. The van der Waals surface area contributed by atoms with Crippen LogP contribution in [0.3, 0.4) is 0 Å². The van der Waals surface area contributed by atoms with E-state index in [2.05, 4.69) is 5.32 Å². The first-order chi connectivity index (χ1) is 5.22. The number of amides is 1. The van der Waals surface area contributed by atoms with Gasteiger partial charge in [-0.1, -0.05) is 20.8 Å². The van der Waals surface area contributed by atoms with E-state index in [4.69, 9.17) is 0 Å². The van der Waals surface area contributed by atoms with Gasteiger partial charge in [0.15, 0.2) is 5.78 Å². The van der Waals surface area contributed by atoms with Gasteiger partial charge >= 0.3 is 0 Å². The first-order valence-electron chi connectivity index (χ1n) is 3.92. The van der Waals surface area contributed by atoms with Gasteiger partial charge in [-0.2, -0.15) is 0 Å². The van der Waals surface area contributed by atoms with Gasteiger partial charge in [0.2, 0.25) is 6.41 Å². The van der Waals surface area contributed by atoms with Crippen molar-refractivity contribution < 1.29 is 11.0 Å². The average molecular weight is 161 g/mol. The second-order valence-corrected chi connectivity index (χ2v) is 1.86. The summed E-state index contributed by atoms with van der Waals surface area (Å²) in [5, 5.41) is 2.40. The second kappa shape index (κ2) is 9.14.